The third-order valence-corrected chi connectivity index (χ3v) is 6.23. The Morgan fingerprint density at radius 1 is 1.24 bits per heavy atom. The quantitative estimate of drug-likeness (QED) is 0.877. The van der Waals surface area contributed by atoms with Crippen LogP contribution in [0, 0.1) is 13.8 Å². The molecule has 0 radical (unpaired) electrons. The molecule has 1 atom stereocenters. The van der Waals surface area contributed by atoms with Gasteiger partial charge in [0, 0.05) is 6.26 Å². The molecule has 0 bridgehead atoms. The fourth-order valence-electron chi connectivity index (χ4n) is 2.66. The van der Waals surface area contributed by atoms with Gasteiger partial charge in [0.15, 0.2) is 9.84 Å². The van der Waals surface area contributed by atoms with E-state index in [4.69, 9.17) is 4.74 Å². The molecule has 5 heteroatoms. The van der Waals surface area contributed by atoms with Crippen LogP contribution in [0.2, 0.25) is 0 Å². The molecule has 1 aromatic carbocycles. The molecule has 21 heavy (non-hydrogen) atoms. The van der Waals surface area contributed by atoms with Gasteiger partial charge in [0.1, 0.15) is 5.75 Å². The summed E-state index contributed by atoms with van der Waals surface area (Å²) < 4.78 is 28.8. The van der Waals surface area contributed by atoms with Gasteiger partial charge in [0.25, 0.3) is 0 Å². The lowest BCUT2D eigenvalue weighted by Crippen LogP contribution is -2.45. The molecule has 0 aliphatic rings. The molecule has 0 aromatic heterocycles. The highest BCUT2D eigenvalue weighted by Gasteiger charge is 2.39. The minimum Gasteiger partial charge on any atom is -0.496 e. The van der Waals surface area contributed by atoms with Gasteiger partial charge in [-0.15, -0.1) is 0 Å². The monoisotopic (exact) mass is 313 g/mol. The van der Waals surface area contributed by atoms with E-state index in [-0.39, 0.29) is 6.04 Å². The lowest BCUT2D eigenvalue weighted by atomic mass is 9.92. The van der Waals surface area contributed by atoms with Crippen LogP contribution in [0.3, 0.4) is 0 Å². The molecular formula is C16H27NO3S. The lowest BCUT2D eigenvalue weighted by Gasteiger charge is -2.34. The summed E-state index contributed by atoms with van der Waals surface area (Å²) in [5.74, 6) is 0.853. The Balaban J connectivity index is 3.44. The van der Waals surface area contributed by atoms with Crippen LogP contribution in [0.15, 0.2) is 12.1 Å². The van der Waals surface area contributed by atoms with Crippen LogP contribution >= 0.6 is 0 Å². The van der Waals surface area contributed by atoms with Crippen LogP contribution in [0.4, 0.5) is 0 Å². The summed E-state index contributed by atoms with van der Waals surface area (Å²) in [6, 6.07) is 3.75. The Morgan fingerprint density at radius 3 is 2.05 bits per heavy atom. The fraction of sp³-hybridized carbons (Fsp3) is 0.625. The number of methoxy groups -OCH3 is 1. The zero-order chi connectivity index (χ0) is 16.4. The summed E-state index contributed by atoms with van der Waals surface area (Å²) in [4.78, 5) is 0. The molecule has 4 nitrogen and oxygen atoms in total. The van der Waals surface area contributed by atoms with Gasteiger partial charge in [-0.25, -0.2) is 8.42 Å². The molecule has 0 saturated carbocycles. The minimum absolute atomic E-state index is 0.263. The molecule has 0 saturated heterocycles. The molecule has 1 rings (SSSR count). The van der Waals surface area contributed by atoms with Crippen molar-refractivity contribution in [3.8, 4) is 5.75 Å². The number of hydrogen-bond acceptors (Lipinski definition) is 4. The third-order valence-electron chi connectivity index (χ3n) is 4.08. The van der Waals surface area contributed by atoms with E-state index >= 15 is 0 Å². The van der Waals surface area contributed by atoms with Gasteiger partial charge < -0.3 is 10.1 Å². The van der Waals surface area contributed by atoms with Crippen LogP contribution in [-0.4, -0.2) is 33.1 Å². The second kappa shape index (κ2) is 6.36. The number of sulfone groups is 1. The van der Waals surface area contributed by atoms with Crippen molar-refractivity contribution < 1.29 is 13.2 Å². The van der Waals surface area contributed by atoms with Gasteiger partial charge >= 0.3 is 0 Å². The molecule has 0 heterocycles. The molecule has 1 unspecified atom stereocenters. The molecule has 0 aliphatic heterocycles. The molecule has 120 valence electrons. The molecule has 0 fully saturated rings. The van der Waals surface area contributed by atoms with Gasteiger partial charge in [-0.2, -0.15) is 0 Å². The van der Waals surface area contributed by atoms with E-state index in [0.717, 1.165) is 22.4 Å². The van der Waals surface area contributed by atoms with Crippen LogP contribution in [-0.2, 0) is 9.84 Å². The normalized spacial score (nSPS) is 14.0. The summed E-state index contributed by atoms with van der Waals surface area (Å²) in [6.07, 6.45) is 1.29. The maximum absolute atomic E-state index is 12.2. The average Bonchev–Trinajstić information content (AvgIpc) is 2.33. The predicted octanol–water partition coefficient (Wildman–Crippen LogP) is 2.79. The zero-order valence-corrected chi connectivity index (χ0v) is 14.9. The van der Waals surface area contributed by atoms with Crippen molar-refractivity contribution in [3.63, 3.8) is 0 Å². The predicted molar refractivity (Wildman–Crippen MR) is 87.8 cm³/mol. The first-order valence-electron chi connectivity index (χ1n) is 7.14. The SMILES string of the molecule is CCNC(c1cc(C)c(OC)c(C)c1)C(C)(C)S(C)(=O)=O. The Kier molecular flexibility index (Phi) is 5.45. The third kappa shape index (κ3) is 3.58. The van der Waals surface area contributed by atoms with Gasteiger partial charge in [0.05, 0.1) is 17.9 Å². The highest BCUT2D eigenvalue weighted by Crippen LogP contribution is 2.35. The van der Waals surface area contributed by atoms with Crippen molar-refractivity contribution in [2.24, 2.45) is 0 Å². The van der Waals surface area contributed by atoms with Crippen molar-refractivity contribution in [2.45, 2.75) is 45.4 Å². The largest absolute Gasteiger partial charge is 0.496 e. The average molecular weight is 313 g/mol. The van der Waals surface area contributed by atoms with E-state index in [0.29, 0.717) is 6.54 Å². The second-order valence-electron chi connectivity index (χ2n) is 6.05. The number of ether oxygens (including phenoxy) is 1. The Hall–Kier alpha value is -1.07. The zero-order valence-electron chi connectivity index (χ0n) is 14.1. The number of benzene rings is 1. The van der Waals surface area contributed by atoms with Crippen LogP contribution in [0.5, 0.6) is 5.75 Å². The van der Waals surface area contributed by atoms with Crippen molar-refractivity contribution in [3.05, 3.63) is 28.8 Å². The number of hydrogen-bond donors (Lipinski definition) is 1. The summed E-state index contributed by atoms with van der Waals surface area (Å²) in [5, 5.41) is 3.32. The smallest absolute Gasteiger partial charge is 0.154 e. The highest BCUT2D eigenvalue weighted by atomic mass is 32.2. The van der Waals surface area contributed by atoms with E-state index in [2.05, 4.69) is 5.32 Å². The first-order valence-corrected chi connectivity index (χ1v) is 9.03. The van der Waals surface area contributed by atoms with E-state index in [1.165, 1.54) is 6.26 Å². The van der Waals surface area contributed by atoms with Crippen LogP contribution in [0.1, 0.15) is 43.5 Å². The van der Waals surface area contributed by atoms with E-state index in [9.17, 15) is 8.42 Å². The molecule has 1 aromatic rings. The molecule has 1 N–H and O–H groups in total. The standard InChI is InChI=1S/C16H27NO3S/c1-8-17-15(16(4,5)21(7,18)19)13-9-11(2)14(20-6)12(3)10-13/h9-10,15,17H,8H2,1-7H3. The topological polar surface area (TPSA) is 55.4 Å². The fourth-order valence-corrected chi connectivity index (χ4v) is 3.30. The number of aryl methyl sites for hydroxylation is 2. The second-order valence-corrected chi connectivity index (χ2v) is 8.65. The lowest BCUT2D eigenvalue weighted by molar-refractivity contribution is 0.405. The Morgan fingerprint density at radius 2 is 1.71 bits per heavy atom. The van der Waals surface area contributed by atoms with Crippen molar-refractivity contribution >= 4 is 9.84 Å². The summed E-state index contributed by atoms with van der Waals surface area (Å²) >= 11 is 0. The minimum atomic E-state index is -3.21. The molecule has 0 aliphatic carbocycles. The van der Waals surface area contributed by atoms with Crippen molar-refractivity contribution in [1.82, 2.24) is 5.32 Å². The Labute approximate surface area is 128 Å². The summed E-state index contributed by atoms with van der Waals surface area (Å²) in [5.41, 5.74) is 3.00. The van der Waals surface area contributed by atoms with Gasteiger partial charge in [-0.1, -0.05) is 19.1 Å². The molecule has 0 amide bonds. The van der Waals surface area contributed by atoms with Crippen molar-refractivity contribution in [2.75, 3.05) is 19.9 Å². The summed E-state index contributed by atoms with van der Waals surface area (Å²) in [7, 11) is -1.56. The van der Waals surface area contributed by atoms with Crippen molar-refractivity contribution in [1.29, 1.82) is 0 Å². The van der Waals surface area contributed by atoms with E-state index in [1.54, 1.807) is 21.0 Å². The first kappa shape index (κ1) is 18.0. The first-order chi connectivity index (χ1) is 9.56. The number of nitrogens with one attached hydrogen (secondary N) is 1. The van der Waals surface area contributed by atoms with E-state index in [1.807, 2.05) is 32.9 Å². The maximum Gasteiger partial charge on any atom is 0.154 e. The maximum atomic E-state index is 12.2. The summed E-state index contributed by atoms with van der Waals surface area (Å²) in [6.45, 7) is 10.2. The Bertz CT molecular complexity index is 583. The van der Waals surface area contributed by atoms with Gasteiger partial charge in [-0.05, 0) is 50.9 Å². The van der Waals surface area contributed by atoms with Gasteiger partial charge in [-0.3, -0.25) is 0 Å². The van der Waals surface area contributed by atoms with Gasteiger partial charge in [0.2, 0.25) is 0 Å². The highest BCUT2D eigenvalue weighted by molar-refractivity contribution is 7.92. The van der Waals surface area contributed by atoms with Crippen LogP contribution < -0.4 is 10.1 Å². The van der Waals surface area contributed by atoms with E-state index < -0.39 is 14.6 Å². The van der Waals surface area contributed by atoms with Crippen LogP contribution in [0.25, 0.3) is 0 Å². The molecular weight excluding hydrogens is 286 g/mol. The number of rotatable bonds is 6. The molecule has 0 spiro atoms.